The van der Waals surface area contributed by atoms with Crippen molar-refractivity contribution >= 4 is 32.6 Å². The van der Waals surface area contributed by atoms with Gasteiger partial charge in [-0.2, -0.15) is 13.7 Å². The van der Waals surface area contributed by atoms with E-state index in [1.807, 2.05) is 30.3 Å². The topological polar surface area (TPSA) is 147 Å². The molecule has 0 atom stereocenters. The van der Waals surface area contributed by atoms with Gasteiger partial charge in [0.05, 0.1) is 17.6 Å². The van der Waals surface area contributed by atoms with Gasteiger partial charge in [0, 0.05) is 6.20 Å². The Morgan fingerprint density at radius 2 is 1.92 bits per heavy atom. The van der Waals surface area contributed by atoms with Crippen LogP contribution in [-0.4, -0.2) is 35.5 Å². The lowest BCUT2D eigenvalue weighted by molar-refractivity contribution is 0.358. The van der Waals surface area contributed by atoms with Gasteiger partial charge in [-0.3, -0.25) is 9.36 Å². The Morgan fingerprint density at radius 1 is 1.14 bits per heavy atom. The summed E-state index contributed by atoms with van der Waals surface area (Å²) in [6.07, 6.45) is 1.51. The van der Waals surface area contributed by atoms with E-state index in [1.54, 1.807) is 31.2 Å². The van der Waals surface area contributed by atoms with E-state index in [0.29, 0.717) is 5.56 Å². The monoisotopic (exact) mass is 501 g/mol. The van der Waals surface area contributed by atoms with E-state index in [-0.39, 0.29) is 51.9 Å². The van der Waals surface area contributed by atoms with Crippen LogP contribution in [0.4, 0.5) is 5.69 Å². The molecular weight excluding hydrogens is 482 g/mol. The van der Waals surface area contributed by atoms with Crippen molar-refractivity contribution in [3.63, 3.8) is 0 Å². The van der Waals surface area contributed by atoms with E-state index in [0.717, 1.165) is 5.56 Å². The Kier molecular flexibility index (Phi) is 5.66. The second-order valence-electron chi connectivity index (χ2n) is 8.05. The summed E-state index contributed by atoms with van der Waals surface area (Å²) in [6, 6.07) is 17.3. The van der Waals surface area contributed by atoms with Crippen LogP contribution in [0.5, 0.6) is 11.5 Å². The van der Waals surface area contributed by atoms with E-state index in [9.17, 15) is 18.3 Å². The predicted molar refractivity (Wildman–Crippen MR) is 133 cm³/mol. The Balaban J connectivity index is 1.74. The number of nitrogens with one attached hydrogen (secondary N) is 1. The number of aromatic nitrogens is 2. The quantitative estimate of drug-likeness (QED) is 0.424. The zero-order chi connectivity index (χ0) is 25.4. The summed E-state index contributed by atoms with van der Waals surface area (Å²) in [7, 11) is -4.37. The number of rotatable bonds is 5. The van der Waals surface area contributed by atoms with Gasteiger partial charge in [-0.25, -0.2) is 4.98 Å². The maximum Gasteiger partial charge on any atom is 0.290 e. The molecule has 0 aliphatic carbocycles. The number of anilines is 1. The number of hydrogen-bond donors (Lipinski definition) is 2. The molecule has 1 aliphatic rings. The minimum Gasteiger partial charge on any atom is -0.506 e. The number of sulfonamides is 1. The number of fused-ring (bicyclic) bond motifs is 2. The van der Waals surface area contributed by atoms with E-state index >= 15 is 0 Å². The fraction of sp³-hybridized carbons (Fsp3) is 0.120. The molecule has 2 aromatic heterocycles. The Bertz CT molecular complexity index is 1760. The highest BCUT2D eigenvalue weighted by atomic mass is 32.2. The number of nitrogens with zero attached hydrogens (tertiary/aromatic N) is 4. The lowest BCUT2D eigenvalue weighted by Gasteiger charge is -2.23. The van der Waals surface area contributed by atoms with E-state index < -0.39 is 21.3 Å². The summed E-state index contributed by atoms with van der Waals surface area (Å²) in [6.45, 7) is 1.46. The minimum atomic E-state index is -4.37. The van der Waals surface area contributed by atoms with Gasteiger partial charge in [-0.05, 0) is 36.2 Å². The first-order valence-corrected chi connectivity index (χ1v) is 12.3. The van der Waals surface area contributed by atoms with Gasteiger partial charge in [0.1, 0.15) is 28.8 Å². The third-order valence-corrected chi connectivity index (χ3v) is 7.09. The van der Waals surface area contributed by atoms with Gasteiger partial charge in [0.15, 0.2) is 17.3 Å². The third-order valence-electron chi connectivity index (χ3n) is 5.75. The Morgan fingerprint density at radius 3 is 2.67 bits per heavy atom. The van der Waals surface area contributed by atoms with E-state index in [4.69, 9.17) is 10.00 Å². The standard InChI is InChI=1S/C25H19N5O5S/c1-15-9-10-18(35-13-11-26)22-20(15)28-23(29-36(22,33)34)19-21(31)17-8-5-12-27-24(17)30(25(19)32)14-16-6-3-2-4-7-16/h2-10,12,31H,13-14H2,1H3,(H,28,29). The van der Waals surface area contributed by atoms with Crippen LogP contribution in [0.15, 0.2) is 74.9 Å². The van der Waals surface area contributed by atoms with Gasteiger partial charge in [0.2, 0.25) is 0 Å². The highest BCUT2D eigenvalue weighted by Crippen LogP contribution is 2.39. The lowest BCUT2D eigenvalue weighted by atomic mass is 10.1. The third kappa shape index (κ3) is 3.83. The largest absolute Gasteiger partial charge is 0.506 e. The second-order valence-corrected chi connectivity index (χ2v) is 9.59. The fourth-order valence-corrected chi connectivity index (χ4v) is 5.42. The first kappa shape index (κ1) is 23.1. The highest BCUT2D eigenvalue weighted by Gasteiger charge is 2.34. The van der Waals surface area contributed by atoms with Crippen molar-refractivity contribution in [2.45, 2.75) is 18.4 Å². The molecule has 5 rings (SSSR count). The van der Waals surface area contributed by atoms with Crippen molar-refractivity contribution in [2.75, 3.05) is 11.9 Å². The molecule has 0 amide bonds. The molecule has 11 heteroatoms. The molecule has 10 nitrogen and oxygen atoms in total. The maximum absolute atomic E-state index is 13.7. The van der Waals surface area contributed by atoms with Crippen LogP contribution in [0, 0.1) is 18.3 Å². The van der Waals surface area contributed by atoms with Crippen molar-refractivity contribution in [3.8, 4) is 17.6 Å². The van der Waals surface area contributed by atoms with Crippen molar-refractivity contribution in [3.05, 3.63) is 87.8 Å². The van der Waals surface area contributed by atoms with Crippen LogP contribution in [0.3, 0.4) is 0 Å². The molecule has 0 spiro atoms. The molecule has 36 heavy (non-hydrogen) atoms. The minimum absolute atomic E-state index is 0.0409. The smallest absolute Gasteiger partial charge is 0.290 e. The number of aryl methyl sites for hydroxylation is 1. The number of nitriles is 1. The normalized spacial score (nSPS) is 13.8. The van der Waals surface area contributed by atoms with Crippen LogP contribution in [0.25, 0.3) is 11.0 Å². The number of amidine groups is 1. The number of ether oxygens (including phenoxy) is 1. The van der Waals surface area contributed by atoms with Crippen LogP contribution in [0.2, 0.25) is 0 Å². The zero-order valence-electron chi connectivity index (χ0n) is 19.0. The summed E-state index contributed by atoms with van der Waals surface area (Å²) in [5, 5.41) is 23.1. The van der Waals surface area contributed by atoms with Crippen molar-refractivity contribution in [2.24, 2.45) is 4.40 Å². The molecule has 1 aliphatic heterocycles. The number of pyridine rings is 2. The van der Waals surface area contributed by atoms with Gasteiger partial charge in [-0.1, -0.05) is 36.4 Å². The van der Waals surface area contributed by atoms with Crippen molar-refractivity contribution < 1.29 is 18.3 Å². The fourth-order valence-electron chi connectivity index (χ4n) is 4.10. The average Bonchev–Trinajstić information content (AvgIpc) is 2.87. The summed E-state index contributed by atoms with van der Waals surface area (Å²) < 4.78 is 37.0. The molecule has 0 saturated heterocycles. The summed E-state index contributed by atoms with van der Waals surface area (Å²) >= 11 is 0. The van der Waals surface area contributed by atoms with Crippen LogP contribution < -0.4 is 15.6 Å². The van der Waals surface area contributed by atoms with Crippen LogP contribution in [-0.2, 0) is 16.6 Å². The first-order valence-electron chi connectivity index (χ1n) is 10.8. The molecule has 2 N–H and O–H groups in total. The predicted octanol–water partition coefficient (Wildman–Crippen LogP) is 2.92. The van der Waals surface area contributed by atoms with Gasteiger partial charge >= 0.3 is 0 Å². The molecule has 3 heterocycles. The maximum atomic E-state index is 13.7. The molecule has 0 saturated carbocycles. The number of benzene rings is 2. The lowest BCUT2D eigenvalue weighted by Crippen LogP contribution is -2.33. The Hall–Kier alpha value is -4.69. The van der Waals surface area contributed by atoms with Crippen LogP contribution >= 0.6 is 0 Å². The second kappa shape index (κ2) is 8.83. The molecule has 0 unspecified atom stereocenters. The molecule has 4 aromatic rings. The number of aromatic hydroxyl groups is 1. The molecule has 2 aromatic carbocycles. The summed E-state index contributed by atoms with van der Waals surface area (Å²) in [5.41, 5.74) is 0.780. The molecule has 0 radical (unpaired) electrons. The SMILES string of the molecule is Cc1ccc(OCC#N)c2c1NC(c1c(O)c3cccnc3n(Cc3ccccc3)c1=O)=NS2(=O)=O. The summed E-state index contributed by atoms with van der Waals surface area (Å²) in [4.78, 5) is 17.8. The first-order chi connectivity index (χ1) is 17.3. The molecular formula is C25H19N5O5S. The summed E-state index contributed by atoms with van der Waals surface area (Å²) in [5.74, 6) is -0.800. The van der Waals surface area contributed by atoms with Gasteiger partial charge < -0.3 is 15.2 Å². The van der Waals surface area contributed by atoms with Gasteiger partial charge in [0.25, 0.3) is 15.6 Å². The molecule has 0 fully saturated rings. The number of hydrogen-bond acceptors (Lipinski definition) is 8. The Labute approximate surface area is 205 Å². The van der Waals surface area contributed by atoms with Crippen LogP contribution in [0.1, 0.15) is 16.7 Å². The molecule has 0 bridgehead atoms. The van der Waals surface area contributed by atoms with Gasteiger partial charge in [-0.15, -0.1) is 4.40 Å². The van der Waals surface area contributed by atoms with Crippen molar-refractivity contribution in [1.29, 1.82) is 5.26 Å². The molecule has 180 valence electrons. The van der Waals surface area contributed by atoms with Crippen molar-refractivity contribution in [1.82, 2.24) is 9.55 Å². The van der Waals surface area contributed by atoms with E-state index in [2.05, 4.69) is 14.7 Å². The average molecular weight is 502 g/mol. The highest BCUT2D eigenvalue weighted by molar-refractivity contribution is 7.90. The van der Waals surface area contributed by atoms with E-state index in [1.165, 1.54) is 16.8 Å². The zero-order valence-corrected chi connectivity index (χ0v) is 19.8.